The minimum atomic E-state index is -2.00. The molecule has 0 spiro atoms. The molecule has 5 nitrogen and oxygen atoms in total. The average molecular weight is 240 g/mol. The predicted molar refractivity (Wildman–Crippen MR) is 60.5 cm³/mol. The molecule has 0 unspecified atom stereocenters. The van der Waals surface area contributed by atoms with Crippen LogP contribution in [0.3, 0.4) is 0 Å². The highest BCUT2D eigenvalue weighted by Gasteiger charge is 2.23. The van der Waals surface area contributed by atoms with Gasteiger partial charge in [-0.25, -0.2) is 0 Å². The number of rotatable bonds is 4. The van der Waals surface area contributed by atoms with Gasteiger partial charge in [-0.05, 0) is 30.7 Å². The highest BCUT2D eigenvalue weighted by Crippen LogP contribution is 2.26. The number of ether oxygens (including phenoxy) is 2. The van der Waals surface area contributed by atoms with Crippen LogP contribution in [0.25, 0.3) is 0 Å². The summed E-state index contributed by atoms with van der Waals surface area (Å²) in [6.45, 7) is 1.23. The van der Waals surface area contributed by atoms with E-state index in [2.05, 4.69) is 4.74 Å². The molecule has 0 bridgehead atoms. The molecule has 2 N–H and O–H groups in total. The maximum Gasteiger partial charge on any atom is 0.309 e. The summed E-state index contributed by atoms with van der Waals surface area (Å²) in [6.07, 6.45) is -0.0419. The van der Waals surface area contributed by atoms with Gasteiger partial charge in [-0.1, -0.05) is 0 Å². The van der Waals surface area contributed by atoms with Gasteiger partial charge in [0.15, 0.2) is 5.79 Å². The molecule has 0 aromatic heterocycles. The van der Waals surface area contributed by atoms with Crippen LogP contribution in [0.1, 0.15) is 18.1 Å². The SMILES string of the molecule is COC(=O)Cc1cc(OC)ccc1C(C)(O)O. The molecule has 0 aliphatic heterocycles. The summed E-state index contributed by atoms with van der Waals surface area (Å²) in [6, 6.07) is 4.69. The van der Waals surface area contributed by atoms with Crippen molar-refractivity contribution in [2.45, 2.75) is 19.1 Å². The van der Waals surface area contributed by atoms with Crippen molar-refractivity contribution in [3.8, 4) is 5.75 Å². The van der Waals surface area contributed by atoms with Gasteiger partial charge in [0.1, 0.15) is 5.75 Å². The number of benzene rings is 1. The largest absolute Gasteiger partial charge is 0.497 e. The zero-order valence-corrected chi connectivity index (χ0v) is 10.1. The number of aliphatic hydroxyl groups is 2. The fraction of sp³-hybridized carbons (Fsp3) is 0.417. The fourth-order valence-electron chi connectivity index (χ4n) is 1.53. The van der Waals surface area contributed by atoms with E-state index in [0.29, 0.717) is 11.3 Å². The summed E-state index contributed by atoms with van der Waals surface area (Å²) >= 11 is 0. The normalized spacial score (nSPS) is 11.1. The van der Waals surface area contributed by atoms with Gasteiger partial charge in [-0.3, -0.25) is 4.79 Å². The standard InChI is InChI=1S/C12H16O5/c1-12(14,15)10-5-4-9(16-2)6-8(10)7-11(13)17-3/h4-6,14-15H,7H2,1-3H3. The van der Waals surface area contributed by atoms with Crippen LogP contribution in [0, 0.1) is 0 Å². The van der Waals surface area contributed by atoms with E-state index in [1.54, 1.807) is 12.1 Å². The molecule has 0 saturated carbocycles. The van der Waals surface area contributed by atoms with Crippen LogP contribution in [0.4, 0.5) is 0 Å². The quantitative estimate of drug-likeness (QED) is 0.594. The van der Waals surface area contributed by atoms with E-state index in [4.69, 9.17) is 4.74 Å². The molecule has 0 radical (unpaired) electrons. The first-order valence-electron chi connectivity index (χ1n) is 5.07. The minimum Gasteiger partial charge on any atom is -0.497 e. The molecule has 1 aromatic rings. The van der Waals surface area contributed by atoms with Crippen molar-refractivity contribution < 1.29 is 24.5 Å². The monoisotopic (exact) mass is 240 g/mol. The van der Waals surface area contributed by atoms with Crippen molar-refractivity contribution in [3.63, 3.8) is 0 Å². The van der Waals surface area contributed by atoms with Crippen LogP contribution in [-0.2, 0) is 21.7 Å². The van der Waals surface area contributed by atoms with Crippen LogP contribution in [0.15, 0.2) is 18.2 Å². The summed E-state index contributed by atoms with van der Waals surface area (Å²) in [7, 11) is 2.77. The molecule has 0 atom stereocenters. The highest BCUT2D eigenvalue weighted by molar-refractivity contribution is 5.73. The van der Waals surface area contributed by atoms with E-state index in [-0.39, 0.29) is 12.0 Å². The summed E-state index contributed by atoms with van der Waals surface area (Å²) in [4.78, 5) is 11.2. The maximum atomic E-state index is 11.2. The van der Waals surface area contributed by atoms with Crippen molar-refractivity contribution in [1.29, 1.82) is 0 Å². The van der Waals surface area contributed by atoms with Crippen molar-refractivity contribution in [1.82, 2.24) is 0 Å². The third-order valence-electron chi connectivity index (χ3n) is 2.39. The molecule has 5 heteroatoms. The second-order valence-corrected chi connectivity index (χ2v) is 3.80. The van der Waals surface area contributed by atoms with Crippen LogP contribution in [-0.4, -0.2) is 30.4 Å². The lowest BCUT2D eigenvalue weighted by molar-refractivity contribution is -0.153. The second kappa shape index (κ2) is 5.16. The Bertz CT molecular complexity index is 406. The molecule has 0 heterocycles. The van der Waals surface area contributed by atoms with E-state index in [1.807, 2.05) is 0 Å². The smallest absolute Gasteiger partial charge is 0.309 e. The molecule has 0 fully saturated rings. The predicted octanol–water partition coefficient (Wildman–Crippen LogP) is 0.568. The number of esters is 1. The lowest BCUT2D eigenvalue weighted by atomic mass is 9.98. The van der Waals surface area contributed by atoms with Gasteiger partial charge in [-0.2, -0.15) is 0 Å². The number of hydrogen-bond acceptors (Lipinski definition) is 5. The topological polar surface area (TPSA) is 76.0 Å². The average Bonchev–Trinajstić information content (AvgIpc) is 2.27. The summed E-state index contributed by atoms with van der Waals surface area (Å²) in [5.74, 6) is -1.92. The first-order valence-corrected chi connectivity index (χ1v) is 5.07. The minimum absolute atomic E-state index is 0.0419. The lowest BCUT2D eigenvalue weighted by Crippen LogP contribution is -2.23. The van der Waals surface area contributed by atoms with Crippen LogP contribution in [0.2, 0.25) is 0 Å². The molecular formula is C12H16O5. The molecule has 0 amide bonds. The highest BCUT2D eigenvalue weighted by atomic mass is 16.5. The Kier molecular flexibility index (Phi) is 4.09. The molecular weight excluding hydrogens is 224 g/mol. The maximum absolute atomic E-state index is 11.2. The molecule has 1 aromatic carbocycles. The Balaban J connectivity index is 3.16. The Hall–Kier alpha value is -1.59. The number of methoxy groups -OCH3 is 2. The number of hydrogen-bond donors (Lipinski definition) is 2. The van der Waals surface area contributed by atoms with E-state index in [0.717, 1.165) is 0 Å². The van der Waals surface area contributed by atoms with Crippen molar-refractivity contribution >= 4 is 5.97 Å². The molecule has 1 rings (SSSR count). The Morgan fingerprint density at radius 1 is 1.35 bits per heavy atom. The summed E-state index contributed by atoms with van der Waals surface area (Å²) in [5, 5.41) is 19.2. The third-order valence-corrected chi connectivity index (χ3v) is 2.39. The van der Waals surface area contributed by atoms with E-state index >= 15 is 0 Å². The van der Waals surface area contributed by atoms with E-state index < -0.39 is 11.8 Å². The fourth-order valence-corrected chi connectivity index (χ4v) is 1.53. The molecule has 17 heavy (non-hydrogen) atoms. The van der Waals surface area contributed by atoms with Crippen molar-refractivity contribution in [2.75, 3.05) is 14.2 Å². The Labute approximate surface area is 99.6 Å². The Morgan fingerprint density at radius 3 is 2.47 bits per heavy atom. The zero-order chi connectivity index (χ0) is 13.1. The van der Waals surface area contributed by atoms with Crippen LogP contribution in [0.5, 0.6) is 5.75 Å². The number of carbonyl (C=O) groups excluding carboxylic acids is 1. The third kappa shape index (κ3) is 3.44. The first kappa shape index (κ1) is 13.5. The molecule has 0 aliphatic carbocycles. The zero-order valence-electron chi connectivity index (χ0n) is 10.1. The Morgan fingerprint density at radius 2 is 2.00 bits per heavy atom. The van der Waals surface area contributed by atoms with E-state index in [9.17, 15) is 15.0 Å². The molecule has 94 valence electrons. The van der Waals surface area contributed by atoms with Gasteiger partial charge in [0, 0.05) is 5.56 Å². The van der Waals surface area contributed by atoms with Gasteiger partial charge in [-0.15, -0.1) is 0 Å². The van der Waals surface area contributed by atoms with Gasteiger partial charge in [0.05, 0.1) is 20.6 Å². The van der Waals surface area contributed by atoms with Crippen molar-refractivity contribution in [2.24, 2.45) is 0 Å². The lowest BCUT2D eigenvalue weighted by Gasteiger charge is -2.20. The van der Waals surface area contributed by atoms with E-state index in [1.165, 1.54) is 27.2 Å². The second-order valence-electron chi connectivity index (χ2n) is 3.80. The van der Waals surface area contributed by atoms with Crippen LogP contribution < -0.4 is 4.74 Å². The number of carbonyl (C=O) groups is 1. The van der Waals surface area contributed by atoms with Crippen molar-refractivity contribution in [3.05, 3.63) is 29.3 Å². The van der Waals surface area contributed by atoms with Crippen LogP contribution >= 0.6 is 0 Å². The molecule has 0 aliphatic rings. The van der Waals surface area contributed by atoms with Gasteiger partial charge in [0.25, 0.3) is 0 Å². The molecule has 0 saturated heterocycles. The van der Waals surface area contributed by atoms with Gasteiger partial charge in [0.2, 0.25) is 0 Å². The summed E-state index contributed by atoms with van der Waals surface area (Å²) < 4.78 is 9.57. The van der Waals surface area contributed by atoms with Gasteiger partial charge >= 0.3 is 5.97 Å². The van der Waals surface area contributed by atoms with Gasteiger partial charge < -0.3 is 19.7 Å². The first-order chi connectivity index (χ1) is 7.88. The summed E-state index contributed by atoms with van der Waals surface area (Å²) in [5.41, 5.74) is 0.715.